The first-order valence-corrected chi connectivity index (χ1v) is 6.17. The number of aromatic nitrogens is 2. The van der Waals surface area contributed by atoms with E-state index in [1.54, 1.807) is 48.1 Å². The van der Waals surface area contributed by atoms with Crippen LogP contribution in [0.15, 0.2) is 30.6 Å². The summed E-state index contributed by atoms with van der Waals surface area (Å²) >= 11 is 0. The zero-order valence-electron chi connectivity index (χ0n) is 11.8. The van der Waals surface area contributed by atoms with Gasteiger partial charge in [0.25, 0.3) is 5.91 Å². The van der Waals surface area contributed by atoms with Gasteiger partial charge in [-0.25, -0.2) is 0 Å². The van der Waals surface area contributed by atoms with Crippen LogP contribution in [-0.2, 0) is 13.6 Å². The minimum Gasteiger partial charge on any atom is -0.497 e. The number of hydrogen-bond donors (Lipinski definition) is 1. The highest BCUT2D eigenvalue weighted by Crippen LogP contribution is 2.20. The lowest BCUT2D eigenvalue weighted by molar-refractivity contribution is 0.0785. The molecule has 0 fully saturated rings. The number of rotatable bonds is 4. The van der Waals surface area contributed by atoms with Crippen molar-refractivity contribution >= 4 is 11.6 Å². The topological polar surface area (TPSA) is 73.4 Å². The fourth-order valence-electron chi connectivity index (χ4n) is 1.98. The van der Waals surface area contributed by atoms with Crippen LogP contribution in [0.2, 0.25) is 0 Å². The summed E-state index contributed by atoms with van der Waals surface area (Å²) in [6, 6.07) is 5.00. The minimum atomic E-state index is -0.112. The largest absolute Gasteiger partial charge is 0.497 e. The summed E-state index contributed by atoms with van der Waals surface area (Å²) in [5.74, 6) is 0.461. The standard InChI is InChI=1S/C14H18N4O2/c1-17(8-10-7-16-18(2)9-10)14(19)11-4-12(15)6-13(5-11)20-3/h4-7,9H,8,15H2,1-3H3. The van der Waals surface area contributed by atoms with E-state index < -0.39 is 0 Å². The number of nitrogen functional groups attached to an aromatic ring is 1. The van der Waals surface area contributed by atoms with Crippen LogP contribution >= 0.6 is 0 Å². The molecular formula is C14H18N4O2. The van der Waals surface area contributed by atoms with Gasteiger partial charge in [-0.2, -0.15) is 5.10 Å². The molecule has 1 aromatic carbocycles. The lowest BCUT2D eigenvalue weighted by Crippen LogP contribution is -2.26. The zero-order valence-corrected chi connectivity index (χ0v) is 11.8. The molecule has 0 aliphatic rings. The summed E-state index contributed by atoms with van der Waals surface area (Å²) < 4.78 is 6.83. The third-order valence-electron chi connectivity index (χ3n) is 2.94. The number of benzene rings is 1. The van der Waals surface area contributed by atoms with Gasteiger partial charge in [-0.1, -0.05) is 0 Å². The highest BCUT2D eigenvalue weighted by atomic mass is 16.5. The van der Waals surface area contributed by atoms with Gasteiger partial charge in [0.1, 0.15) is 5.75 Å². The van der Waals surface area contributed by atoms with E-state index >= 15 is 0 Å². The number of hydrogen-bond acceptors (Lipinski definition) is 4. The molecule has 0 bridgehead atoms. The first-order valence-electron chi connectivity index (χ1n) is 6.17. The van der Waals surface area contributed by atoms with Crippen molar-refractivity contribution in [2.24, 2.45) is 7.05 Å². The van der Waals surface area contributed by atoms with Crippen molar-refractivity contribution in [1.82, 2.24) is 14.7 Å². The van der Waals surface area contributed by atoms with Gasteiger partial charge in [-0.15, -0.1) is 0 Å². The van der Waals surface area contributed by atoms with Gasteiger partial charge < -0.3 is 15.4 Å². The molecule has 0 saturated heterocycles. The maximum Gasteiger partial charge on any atom is 0.254 e. The molecule has 0 unspecified atom stereocenters. The molecule has 1 aromatic heterocycles. The third kappa shape index (κ3) is 3.09. The van der Waals surface area contributed by atoms with E-state index in [9.17, 15) is 4.79 Å². The van der Waals surface area contributed by atoms with Gasteiger partial charge in [0.05, 0.1) is 13.3 Å². The average molecular weight is 274 g/mol. The molecule has 6 heteroatoms. The van der Waals surface area contributed by atoms with E-state index in [1.807, 2.05) is 13.2 Å². The van der Waals surface area contributed by atoms with Crippen molar-refractivity contribution in [3.63, 3.8) is 0 Å². The van der Waals surface area contributed by atoms with Crippen LogP contribution < -0.4 is 10.5 Å². The van der Waals surface area contributed by atoms with Crippen LogP contribution in [0, 0.1) is 0 Å². The number of nitrogens with zero attached hydrogens (tertiary/aromatic N) is 3. The van der Waals surface area contributed by atoms with Crippen molar-refractivity contribution in [2.75, 3.05) is 19.9 Å². The van der Waals surface area contributed by atoms with Crippen LogP contribution in [0.4, 0.5) is 5.69 Å². The molecule has 106 valence electrons. The Labute approximate surface area is 117 Å². The van der Waals surface area contributed by atoms with Crippen molar-refractivity contribution in [2.45, 2.75) is 6.54 Å². The van der Waals surface area contributed by atoms with Crippen LogP contribution in [0.25, 0.3) is 0 Å². The number of anilines is 1. The highest BCUT2D eigenvalue weighted by molar-refractivity contribution is 5.95. The average Bonchev–Trinajstić information content (AvgIpc) is 2.82. The minimum absolute atomic E-state index is 0.112. The molecule has 6 nitrogen and oxygen atoms in total. The molecule has 0 aliphatic heterocycles. The molecular weight excluding hydrogens is 256 g/mol. The summed E-state index contributed by atoms with van der Waals surface area (Å²) in [5.41, 5.74) is 7.75. The predicted octanol–water partition coefficient (Wildman–Crippen LogP) is 1.28. The van der Waals surface area contributed by atoms with Crippen molar-refractivity contribution in [1.29, 1.82) is 0 Å². The molecule has 2 rings (SSSR count). The van der Waals surface area contributed by atoms with Gasteiger partial charge in [0.2, 0.25) is 0 Å². The molecule has 0 atom stereocenters. The van der Waals surface area contributed by atoms with Crippen molar-refractivity contribution in [3.05, 3.63) is 41.7 Å². The third-order valence-corrected chi connectivity index (χ3v) is 2.94. The molecule has 1 amide bonds. The number of aryl methyl sites for hydroxylation is 1. The van der Waals surface area contributed by atoms with Crippen molar-refractivity contribution in [3.8, 4) is 5.75 Å². The summed E-state index contributed by atoms with van der Waals surface area (Å²) in [7, 11) is 5.13. The van der Waals surface area contributed by atoms with E-state index in [1.165, 1.54) is 0 Å². The van der Waals surface area contributed by atoms with E-state index in [0.717, 1.165) is 5.56 Å². The van der Waals surface area contributed by atoms with Gasteiger partial charge in [-0.3, -0.25) is 9.48 Å². The van der Waals surface area contributed by atoms with Gasteiger partial charge in [-0.05, 0) is 12.1 Å². The number of nitrogens with two attached hydrogens (primary N) is 1. The normalized spacial score (nSPS) is 10.3. The number of ether oxygens (including phenoxy) is 1. The lowest BCUT2D eigenvalue weighted by Gasteiger charge is -2.17. The monoisotopic (exact) mass is 274 g/mol. The van der Waals surface area contributed by atoms with Crippen LogP contribution in [0.1, 0.15) is 15.9 Å². The Morgan fingerprint density at radius 1 is 1.45 bits per heavy atom. The number of carbonyl (C=O) groups is 1. The Balaban J connectivity index is 2.15. The van der Waals surface area contributed by atoms with Gasteiger partial charge >= 0.3 is 0 Å². The first kappa shape index (κ1) is 13.9. The van der Waals surface area contributed by atoms with Gasteiger partial charge in [0, 0.05) is 49.7 Å². The number of carbonyl (C=O) groups excluding carboxylic acids is 1. The van der Waals surface area contributed by atoms with E-state index in [2.05, 4.69) is 5.10 Å². The van der Waals surface area contributed by atoms with Crippen LogP contribution in [-0.4, -0.2) is 34.7 Å². The fourth-order valence-corrected chi connectivity index (χ4v) is 1.98. The summed E-state index contributed by atoms with van der Waals surface area (Å²) in [5, 5.41) is 4.08. The maximum absolute atomic E-state index is 12.4. The smallest absolute Gasteiger partial charge is 0.254 e. The second-order valence-electron chi connectivity index (χ2n) is 4.68. The Kier molecular flexibility index (Phi) is 3.93. The highest BCUT2D eigenvalue weighted by Gasteiger charge is 2.14. The first-order chi connectivity index (χ1) is 9.49. The Bertz CT molecular complexity index is 621. The summed E-state index contributed by atoms with van der Waals surface area (Å²) in [6.45, 7) is 0.490. The Morgan fingerprint density at radius 3 is 2.80 bits per heavy atom. The molecule has 0 spiro atoms. The van der Waals surface area contributed by atoms with E-state index in [4.69, 9.17) is 10.5 Å². The second-order valence-corrected chi connectivity index (χ2v) is 4.68. The van der Waals surface area contributed by atoms with Crippen molar-refractivity contribution < 1.29 is 9.53 Å². The molecule has 0 saturated carbocycles. The summed E-state index contributed by atoms with van der Waals surface area (Å²) in [4.78, 5) is 14.0. The second kappa shape index (κ2) is 5.64. The Morgan fingerprint density at radius 2 is 2.20 bits per heavy atom. The Hall–Kier alpha value is -2.50. The van der Waals surface area contributed by atoms with Crippen LogP contribution in [0.5, 0.6) is 5.75 Å². The maximum atomic E-state index is 12.4. The zero-order chi connectivity index (χ0) is 14.7. The number of amides is 1. The quantitative estimate of drug-likeness (QED) is 0.852. The molecule has 0 radical (unpaired) electrons. The van der Waals surface area contributed by atoms with E-state index in [0.29, 0.717) is 23.5 Å². The fraction of sp³-hybridized carbons (Fsp3) is 0.286. The molecule has 1 heterocycles. The number of methoxy groups -OCH3 is 1. The predicted molar refractivity (Wildman–Crippen MR) is 76.4 cm³/mol. The van der Waals surface area contributed by atoms with E-state index in [-0.39, 0.29) is 5.91 Å². The SMILES string of the molecule is COc1cc(N)cc(C(=O)N(C)Cc2cnn(C)c2)c1. The molecule has 20 heavy (non-hydrogen) atoms. The molecule has 2 aromatic rings. The van der Waals surface area contributed by atoms with Crippen LogP contribution in [0.3, 0.4) is 0 Å². The molecule has 0 aliphatic carbocycles. The lowest BCUT2D eigenvalue weighted by atomic mass is 10.1. The molecule has 2 N–H and O–H groups in total. The summed E-state index contributed by atoms with van der Waals surface area (Å²) in [6.07, 6.45) is 3.62. The van der Waals surface area contributed by atoms with Gasteiger partial charge in [0.15, 0.2) is 0 Å².